The Morgan fingerprint density at radius 1 is 1.43 bits per heavy atom. The van der Waals surface area contributed by atoms with E-state index in [4.69, 9.17) is 0 Å². The average Bonchev–Trinajstić information content (AvgIpc) is 2.90. The zero-order chi connectivity index (χ0) is 10.1. The Labute approximate surface area is 85.8 Å². The fourth-order valence-corrected chi connectivity index (χ4v) is 2.25. The van der Waals surface area contributed by atoms with Crippen LogP contribution >= 0.6 is 0 Å². The molecule has 1 heterocycles. The Morgan fingerprint density at radius 2 is 2.14 bits per heavy atom. The molecule has 2 aliphatic rings. The van der Waals surface area contributed by atoms with Crippen LogP contribution in [-0.2, 0) is 4.79 Å². The van der Waals surface area contributed by atoms with Crippen LogP contribution in [0.5, 0.6) is 0 Å². The molecule has 2 unspecified atom stereocenters. The number of hydrogen-bond donors (Lipinski definition) is 1. The van der Waals surface area contributed by atoms with E-state index in [1.165, 1.54) is 12.8 Å². The van der Waals surface area contributed by atoms with Crippen LogP contribution in [0, 0.1) is 11.8 Å². The van der Waals surface area contributed by atoms with Crippen molar-refractivity contribution in [3.05, 3.63) is 0 Å². The molecule has 1 aliphatic heterocycles. The summed E-state index contributed by atoms with van der Waals surface area (Å²) in [6.45, 7) is 4.06. The molecule has 1 saturated carbocycles. The summed E-state index contributed by atoms with van der Waals surface area (Å²) in [7, 11) is 1.96. The van der Waals surface area contributed by atoms with Crippen LogP contribution in [0.4, 0.5) is 0 Å². The van der Waals surface area contributed by atoms with Crippen LogP contribution < -0.4 is 5.32 Å². The van der Waals surface area contributed by atoms with Crippen molar-refractivity contribution in [1.29, 1.82) is 0 Å². The summed E-state index contributed by atoms with van der Waals surface area (Å²) >= 11 is 0. The van der Waals surface area contributed by atoms with Crippen molar-refractivity contribution >= 4 is 5.91 Å². The van der Waals surface area contributed by atoms with E-state index in [0.29, 0.717) is 11.9 Å². The zero-order valence-corrected chi connectivity index (χ0v) is 9.12. The van der Waals surface area contributed by atoms with E-state index in [0.717, 1.165) is 25.4 Å². The van der Waals surface area contributed by atoms with E-state index in [2.05, 4.69) is 12.2 Å². The Bertz CT molecular complexity index is 219. The van der Waals surface area contributed by atoms with Crippen molar-refractivity contribution in [3.8, 4) is 0 Å². The molecule has 2 atom stereocenters. The largest absolute Gasteiger partial charge is 0.342 e. The molecule has 3 heteroatoms. The SMILES string of the molecule is CC(C1CC1)N(C)C(=O)C1CCNC1. The molecule has 14 heavy (non-hydrogen) atoms. The first kappa shape index (κ1) is 9.97. The van der Waals surface area contributed by atoms with Crippen LogP contribution in [0.25, 0.3) is 0 Å². The van der Waals surface area contributed by atoms with Crippen molar-refractivity contribution in [3.63, 3.8) is 0 Å². The molecule has 0 aromatic rings. The van der Waals surface area contributed by atoms with Crippen molar-refractivity contribution in [2.24, 2.45) is 11.8 Å². The predicted octanol–water partition coefficient (Wildman–Crippen LogP) is 0.853. The lowest BCUT2D eigenvalue weighted by molar-refractivity contribution is -0.135. The van der Waals surface area contributed by atoms with Crippen LogP contribution in [0.15, 0.2) is 0 Å². The smallest absolute Gasteiger partial charge is 0.227 e. The fourth-order valence-electron chi connectivity index (χ4n) is 2.25. The van der Waals surface area contributed by atoms with Gasteiger partial charge in [-0.15, -0.1) is 0 Å². The second-order valence-corrected chi connectivity index (χ2v) is 4.72. The maximum Gasteiger partial charge on any atom is 0.227 e. The molecular formula is C11H20N2O. The van der Waals surface area contributed by atoms with Gasteiger partial charge >= 0.3 is 0 Å². The molecular weight excluding hydrogens is 176 g/mol. The van der Waals surface area contributed by atoms with Gasteiger partial charge in [0.15, 0.2) is 0 Å². The molecule has 2 rings (SSSR count). The highest BCUT2D eigenvalue weighted by Gasteiger charge is 2.35. The fraction of sp³-hybridized carbons (Fsp3) is 0.909. The van der Waals surface area contributed by atoms with E-state index in [1.54, 1.807) is 0 Å². The highest BCUT2D eigenvalue weighted by atomic mass is 16.2. The maximum atomic E-state index is 12.0. The number of amides is 1. The van der Waals surface area contributed by atoms with Crippen LogP contribution in [0.1, 0.15) is 26.2 Å². The molecule has 2 fully saturated rings. The minimum Gasteiger partial charge on any atom is -0.342 e. The highest BCUT2D eigenvalue weighted by molar-refractivity contribution is 5.79. The molecule has 1 amide bonds. The van der Waals surface area contributed by atoms with E-state index in [-0.39, 0.29) is 5.92 Å². The first-order chi connectivity index (χ1) is 6.70. The van der Waals surface area contributed by atoms with Crippen LogP contribution in [0.3, 0.4) is 0 Å². The minimum atomic E-state index is 0.237. The normalized spacial score (nSPS) is 28.9. The molecule has 0 spiro atoms. The van der Waals surface area contributed by atoms with Crippen LogP contribution in [0.2, 0.25) is 0 Å². The standard InChI is InChI=1S/C11H20N2O/c1-8(9-3-4-9)13(2)11(14)10-5-6-12-7-10/h8-10,12H,3-7H2,1-2H3. The summed E-state index contributed by atoms with van der Waals surface area (Å²) < 4.78 is 0. The third-order valence-electron chi connectivity index (χ3n) is 3.67. The number of carbonyl (C=O) groups excluding carboxylic acids is 1. The predicted molar refractivity (Wildman–Crippen MR) is 55.9 cm³/mol. The van der Waals surface area contributed by atoms with Gasteiger partial charge in [0.2, 0.25) is 5.91 Å². The van der Waals surface area contributed by atoms with Gasteiger partial charge in [-0.25, -0.2) is 0 Å². The van der Waals surface area contributed by atoms with Gasteiger partial charge < -0.3 is 10.2 Å². The monoisotopic (exact) mass is 196 g/mol. The van der Waals surface area contributed by atoms with E-state index >= 15 is 0 Å². The summed E-state index contributed by atoms with van der Waals surface area (Å²) in [6.07, 6.45) is 3.63. The van der Waals surface area contributed by atoms with Crippen LogP contribution in [-0.4, -0.2) is 37.0 Å². The lowest BCUT2D eigenvalue weighted by Crippen LogP contribution is -2.40. The molecule has 1 saturated heterocycles. The Hall–Kier alpha value is -0.570. The Morgan fingerprint density at radius 3 is 2.64 bits per heavy atom. The topological polar surface area (TPSA) is 32.3 Å². The van der Waals surface area contributed by atoms with Gasteiger partial charge in [0.1, 0.15) is 0 Å². The molecule has 1 aliphatic carbocycles. The van der Waals surface area contributed by atoms with Gasteiger partial charge in [-0.05, 0) is 38.6 Å². The Kier molecular flexibility index (Phi) is 2.77. The van der Waals surface area contributed by atoms with E-state index in [9.17, 15) is 4.79 Å². The number of rotatable bonds is 3. The van der Waals surface area contributed by atoms with Crippen molar-refractivity contribution in [1.82, 2.24) is 10.2 Å². The van der Waals surface area contributed by atoms with Crippen molar-refractivity contribution < 1.29 is 4.79 Å². The maximum absolute atomic E-state index is 12.0. The average molecular weight is 196 g/mol. The van der Waals surface area contributed by atoms with E-state index in [1.807, 2.05) is 11.9 Å². The number of nitrogens with one attached hydrogen (secondary N) is 1. The summed E-state index contributed by atoms with van der Waals surface area (Å²) in [6, 6.07) is 0.447. The first-order valence-corrected chi connectivity index (χ1v) is 5.67. The van der Waals surface area contributed by atoms with Gasteiger partial charge in [0.25, 0.3) is 0 Å². The van der Waals surface area contributed by atoms with E-state index < -0.39 is 0 Å². The molecule has 0 bridgehead atoms. The summed E-state index contributed by atoms with van der Waals surface area (Å²) in [4.78, 5) is 14.0. The Balaban J connectivity index is 1.88. The third-order valence-corrected chi connectivity index (χ3v) is 3.67. The van der Waals surface area contributed by atoms with Gasteiger partial charge in [-0.2, -0.15) is 0 Å². The van der Waals surface area contributed by atoms with Gasteiger partial charge in [-0.3, -0.25) is 4.79 Å². The minimum absolute atomic E-state index is 0.237. The lowest BCUT2D eigenvalue weighted by Gasteiger charge is -2.27. The number of carbonyl (C=O) groups is 1. The summed E-state index contributed by atoms with van der Waals surface area (Å²) in [5.41, 5.74) is 0. The second kappa shape index (κ2) is 3.89. The van der Waals surface area contributed by atoms with Crippen molar-refractivity contribution in [2.45, 2.75) is 32.2 Å². The summed E-state index contributed by atoms with van der Waals surface area (Å²) in [5.74, 6) is 1.36. The van der Waals surface area contributed by atoms with Crippen molar-refractivity contribution in [2.75, 3.05) is 20.1 Å². The molecule has 0 aromatic heterocycles. The molecule has 0 aromatic carbocycles. The van der Waals surface area contributed by atoms with Gasteiger partial charge in [0.05, 0.1) is 5.92 Å². The molecule has 1 N–H and O–H groups in total. The zero-order valence-electron chi connectivity index (χ0n) is 9.12. The van der Waals surface area contributed by atoms with Gasteiger partial charge in [-0.1, -0.05) is 0 Å². The number of hydrogen-bond acceptors (Lipinski definition) is 2. The number of nitrogens with zero attached hydrogens (tertiary/aromatic N) is 1. The lowest BCUT2D eigenvalue weighted by atomic mass is 10.1. The first-order valence-electron chi connectivity index (χ1n) is 5.67. The quantitative estimate of drug-likeness (QED) is 0.726. The molecule has 3 nitrogen and oxygen atoms in total. The third kappa shape index (κ3) is 1.92. The molecule has 80 valence electrons. The van der Waals surface area contributed by atoms with Gasteiger partial charge in [0, 0.05) is 19.6 Å². The molecule has 0 radical (unpaired) electrons. The second-order valence-electron chi connectivity index (χ2n) is 4.72. The summed E-state index contributed by atoms with van der Waals surface area (Å²) in [5, 5.41) is 3.24. The highest BCUT2D eigenvalue weighted by Crippen LogP contribution is 2.35.